The number of carbonyl (C=O) groups excluding carboxylic acids is 1. The highest BCUT2D eigenvalue weighted by Crippen LogP contribution is 2.74. The van der Waals surface area contributed by atoms with Crippen LogP contribution in [-0.4, -0.2) is 17.8 Å². The minimum Gasteiger partial charge on any atom is -0.497 e. The summed E-state index contributed by atoms with van der Waals surface area (Å²) in [6, 6.07) is 8.05. The van der Waals surface area contributed by atoms with Gasteiger partial charge in [-0.3, -0.25) is 4.79 Å². The lowest BCUT2D eigenvalue weighted by atomic mass is 9.56. The van der Waals surface area contributed by atoms with Crippen molar-refractivity contribution in [3.8, 4) is 5.75 Å². The summed E-state index contributed by atoms with van der Waals surface area (Å²) in [6.45, 7) is 7.01. The van der Waals surface area contributed by atoms with Crippen LogP contribution in [0.15, 0.2) is 24.3 Å². The Hall–Kier alpha value is -1.16. The van der Waals surface area contributed by atoms with Gasteiger partial charge in [-0.2, -0.15) is 12.6 Å². The van der Waals surface area contributed by atoms with Crippen LogP contribution >= 0.6 is 12.6 Å². The number of benzene rings is 1. The van der Waals surface area contributed by atoms with Gasteiger partial charge in [0, 0.05) is 17.1 Å². The van der Waals surface area contributed by atoms with Gasteiger partial charge in [0.25, 0.3) is 0 Å². The highest BCUT2D eigenvalue weighted by Gasteiger charge is 2.69. The molecule has 2 aliphatic rings. The number of hydrogen-bond donors (Lipinski definition) is 2. The molecular weight excluding hydrogens is 318 g/mol. The Morgan fingerprint density at radius 1 is 1.33 bits per heavy atom. The van der Waals surface area contributed by atoms with Gasteiger partial charge < -0.3 is 10.5 Å². The number of methoxy groups -OCH3 is 1. The molecule has 4 unspecified atom stereocenters. The van der Waals surface area contributed by atoms with Gasteiger partial charge in [0.1, 0.15) is 5.75 Å². The second kappa shape index (κ2) is 5.69. The molecule has 2 bridgehead atoms. The first-order valence-electron chi connectivity index (χ1n) is 8.80. The summed E-state index contributed by atoms with van der Waals surface area (Å²) in [4.78, 5) is 11.9. The topological polar surface area (TPSA) is 52.3 Å². The number of thiol groups is 1. The molecule has 132 valence electrons. The molecule has 2 saturated carbocycles. The highest BCUT2D eigenvalue weighted by molar-refractivity contribution is 7.82. The zero-order valence-corrected chi connectivity index (χ0v) is 16.0. The van der Waals surface area contributed by atoms with E-state index >= 15 is 0 Å². The maximum absolute atomic E-state index is 11.9. The number of amides is 1. The molecule has 0 saturated heterocycles. The van der Waals surface area contributed by atoms with Crippen LogP contribution in [0, 0.1) is 16.7 Å². The number of carbonyl (C=O) groups is 1. The second-order valence-corrected chi connectivity index (χ2v) is 9.19. The molecule has 4 heteroatoms. The van der Waals surface area contributed by atoms with E-state index in [9.17, 15) is 4.79 Å². The van der Waals surface area contributed by atoms with Crippen LogP contribution in [-0.2, 0) is 4.79 Å². The van der Waals surface area contributed by atoms with Crippen molar-refractivity contribution in [1.82, 2.24) is 0 Å². The lowest BCUT2D eigenvalue weighted by molar-refractivity contribution is -0.119. The predicted molar refractivity (Wildman–Crippen MR) is 100 cm³/mol. The Morgan fingerprint density at radius 3 is 2.42 bits per heavy atom. The van der Waals surface area contributed by atoms with Crippen LogP contribution in [0.1, 0.15) is 57.9 Å². The van der Waals surface area contributed by atoms with E-state index in [1.54, 1.807) is 7.11 Å². The van der Waals surface area contributed by atoms with Crippen LogP contribution in [0.25, 0.3) is 0 Å². The predicted octanol–water partition coefficient (Wildman–Crippen LogP) is 4.17. The van der Waals surface area contributed by atoms with E-state index in [1.165, 1.54) is 19.3 Å². The average molecular weight is 348 g/mol. The maximum Gasteiger partial charge on any atom is 0.218 e. The molecule has 0 heterocycles. The van der Waals surface area contributed by atoms with Gasteiger partial charge in [-0.05, 0) is 53.7 Å². The first-order valence-corrected chi connectivity index (χ1v) is 9.25. The molecule has 1 aromatic carbocycles. The first kappa shape index (κ1) is 17.7. The molecule has 4 atom stereocenters. The third-order valence-corrected chi connectivity index (χ3v) is 8.52. The molecule has 3 nitrogen and oxygen atoms in total. The van der Waals surface area contributed by atoms with E-state index in [4.69, 9.17) is 23.1 Å². The number of nitrogens with two attached hydrogens (primary N) is 1. The number of ether oxygens (including phenoxy) is 1. The fourth-order valence-corrected chi connectivity index (χ4v) is 6.33. The summed E-state index contributed by atoms with van der Waals surface area (Å²) >= 11 is 5.34. The molecular formula is C20H29NO2S. The standard InChI is InChI=1S/C20H29NO2S/c1-18(2)14-9-10-19(3,12-14)20(18,24)16(11-17(21)22)13-5-7-15(23-4)8-6-13/h5-8,14,16,24H,9-12H2,1-4H3,(H2,21,22). The molecule has 3 rings (SSSR count). The Morgan fingerprint density at radius 2 is 1.96 bits per heavy atom. The summed E-state index contributed by atoms with van der Waals surface area (Å²) < 4.78 is 5.02. The van der Waals surface area contributed by atoms with Crippen LogP contribution in [0.3, 0.4) is 0 Å². The normalized spacial score (nSPS) is 35.0. The third-order valence-electron chi connectivity index (χ3n) is 7.09. The van der Waals surface area contributed by atoms with Crippen molar-refractivity contribution in [1.29, 1.82) is 0 Å². The van der Waals surface area contributed by atoms with Gasteiger partial charge >= 0.3 is 0 Å². The number of rotatable bonds is 5. The number of primary amides is 1. The van der Waals surface area contributed by atoms with Crippen molar-refractivity contribution in [2.75, 3.05) is 7.11 Å². The van der Waals surface area contributed by atoms with Crippen LogP contribution in [0.2, 0.25) is 0 Å². The first-order chi connectivity index (χ1) is 11.2. The van der Waals surface area contributed by atoms with Crippen molar-refractivity contribution in [2.45, 2.75) is 57.1 Å². The van der Waals surface area contributed by atoms with Crippen LogP contribution in [0.4, 0.5) is 0 Å². The van der Waals surface area contributed by atoms with Crippen molar-refractivity contribution < 1.29 is 9.53 Å². The van der Waals surface area contributed by atoms with Gasteiger partial charge in [-0.15, -0.1) is 0 Å². The van der Waals surface area contributed by atoms with E-state index in [2.05, 4.69) is 32.9 Å². The lowest BCUT2D eigenvalue weighted by Crippen LogP contribution is -2.54. The molecule has 0 spiro atoms. The van der Waals surface area contributed by atoms with Gasteiger partial charge in [0.05, 0.1) is 7.11 Å². The Labute approximate surface area is 150 Å². The molecule has 0 radical (unpaired) electrons. The Bertz CT molecular complexity index is 635. The molecule has 2 aliphatic carbocycles. The lowest BCUT2D eigenvalue weighted by Gasteiger charge is -2.55. The van der Waals surface area contributed by atoms with E-state index < -0.39 is 0 Å². The second-order valence-electron chi connectivity index (χ2n) is 8.48. The quantitative estimate of drug-likeness (QED) is 0.786. The van der Waals surface area contributed by atoms with Gasteiger partial charge in [0.15, 0.2) is 0 Å². The minimum absolute atomic E-state index is 0.00883. The molecule has 0 aliphatic heterocycles. The van der Waals surface area contributed by atoms with Gasteiger partial charge in [0.2, 0.25) is 5.91 Å². The van der Waals surface area contributed by atoms with Crippen molar-refractivity contribution >= 4 is 18.5 Å². The number of fused-ring (bicyclic) bond motifs is 2. The molecule has 24 heavy (non-hydrogen) atoms. The van der Waals surface area contributed by atoms with E-state index in [0.29, 0.717) is 12.3 Å². The van der Waals surface area contributed by atoms with Crippen molar-refractivity contribution in [3.63, 3.8) is 0 Å². The largest absolute Gasteiger partial charge is 0.497 e. The smallest absolute Gasteiger partial charge is 0.218 e. The SMILES string of the molecule is COc1ccc(C(CC(N)=O)C2(S)C3(C)CCC(C3)C2(C)C)cc1. The molecule has 1 aromatic rings. The fraction of sp³-hybridized carbons (Fsp3) is 0.650. The molecule has 1 amide bonds. The summed E-state index contributed by atoms with van der Waals surface area (Å²) in [6.07, 6.45) is 3.96. The van der Waals surface area contributed by atoms with Crippen molar-refractivity contribution in [3.05, 3.63) is 29.8 Å². The maximum atomic E-state index is 11.9. The van der Waals surface area contributed by atoms with E-state index in [1.807, 2.05) is 12.1 Å². The van der Waals surface area contributed by atoms with Crippen LogP contribution < -0.4 is 10.5 Å². The summed E-state index contributed by atoms with van der Waals surface area (Å²) in [5.41, 5.74) is 6.96. The van der Waals surface area contributed by atoms with E-state index in [0.717, 1.165) is 11.3 Å². The fourth-order valence-electron chi connectivity index (χ4n) is 5.71. The third kappa shape index (κ3) is 2.29. The number of hydrogen-bond acceptors (Lipinski definition) is 3. The average Bonchev–Trinajstić information content (AvgIpc) is 3.01. The molecule has 0 aromatic heterocycles. The zero-order valence-electron chi connectivity index (χ0n) is 15.1. The Balaban J connectivity index is 2.09. The zero-order chi connectivity index (χ0) is 17.8. The monoisotopic (exact) mass is 347 g/mol. The molecule has 2 N–H and O–H groups in total. The Kier molecular flexibility index (Phi) is 4.18. The van der Waals surface area contributed by atoms with Crippen LogP contribution in [0.5, 0.6) is 5.75 Å². The van der Waals surface area contributed by atoms with E-state index in [-0.39, 0.29) is 27.4 Å². The highest BCUT2D eigenvalue weighted by atomic mass is 32.1. The van der Waals surface area contributed by atoms with Gasteiger partial charge in [-0.25, -0.2) is 0 Å². The summed E-state index contributed by atoms with van der Waals surface area (Å²) in [7, 11) is 1.66. The minimum atomic E-state index is -0.258. The summed E-state index contributed by atoms with van der Waals surface area (Å²) in [5.74, 6) is 1.23. The summed E-state index contributed by atoms with van der Waals surface area (Å²) in [5, 5.41) is 0. The molecule has 2 fully saturated rings. The van der Waals surface area contributed by atoms with Gasteiger partial charge in [-0.1, -0.05) is 32.9 Å². The van der Waals surface area contributed by atoms with Crippen molar-refractivity contribution in [2.24, 2.45) is 22.5 Å².